The Kier molecular flexibility index (Phi) is 6.40. The van der Waals surface area contributed by atoms with Gasteiger partial charge in [0.1, 0.15) is 0 Å². The Bertz CT molecular complexity index is 337. The van der Waals surface area contributed by atoms with Crippen LogP contribution in [0.5, 0.6) is 0 Å². The molecule has 0 aromatic heterocycles. The lowest BCUT2D eigenvalue weighted by atomic mass is 9.84. The number of nitrogens with zero attached hydrogens (tertiary/aromatic N) is 1. The smallest absolute Gasteiger partial charge is 0.279 e. The van der Waals surface area contributed by atoms with Crippen molar-refractivity contribution in [2.24, 2.45) is 0 Å². The van der Waals surface area contributed by atoms with E-state index in [-0.39, 0.29) is 4.75 Å². The second-order valence-corrected chi connectivity index (χ2v) is 7.98. The van der Waals surface area contributed by atoms with E-state index in [9.17, 15) is 8.42 Å². The molecule has 0 amide bonds. The lowest BCUT2D eigenvalue weighted by Crippen LogP contribution is -2.48. The molecule has 108 valence electrons. The van der Waals surface area contributed by atoms with Crippen LogP contribution in [0.3, 0.4) is 0 Å². The Morgan fingerprint density at radius 2 is 2.06 bits per heavy atom. The summed E-state index contributed by atoms with van der Waals surface area (Å²) in [6.07, 6.45) is 6.31. The molecule has 1 aliphatic rings. The minimum Gasteiger partial charge on any atom is -0.320 e. The second-order valence-electron chi connectivity index (χ2n) is 4.85. The van der Waals surface area contributed by atoms with Crippen molar-refractivity contribution in [3.63, 3.8) is 0 Å². The van der Waals surface area contributed by atoms with Crippen molar-refractivity contribution in [1.29, 1.82) is 0 Å². The normalized spacial score (nSPS) is 18.9. The van der Waals surface area contributed by atoms with Gasteiger partial charge in [0.2, 0.25) is 0 Å². The standard InChI is InChI=1S/C11H25N3O2S2/c1-12-8-5-9-14(2)18(15,16)13-10-11(17-3)6-4-7-11/h12-13H,4-10H2,1-3H3. The summed E-state index contributed by atoms with van der Waals surface area (Å²) < 4.78 is 28.3. The Morgan fingerprint density at radius 3 is 2.50 bits per heavy atom. The fourth-order valence-corrected chi connectivity index (χ4v) is 4.01. The van der Waals surface area contributed by atoms with Gasteiger partial charge >= 0.3 is 0 Å². The molecule has 0 saturated heterocycles. The molecule has 18 heavy (non-hydrogen) atoms. The van der Waals surface area contributed by atoms with Gasteiger partial charge in [-0.2, -0.15) is 24.5 Å². The largest absolute Gasteiger partial charge is 0.320 e. The topological polar surface area (TPSA) is 61.4 Å². The monoisotopic (exact) mass is 295 g/mol. The Morgan fingerprint density at radius 1 is 1.39 bits per heavy atom. The molecule has 0 radical (unpaired) electrons. The van der Waals surface area contributed by atoms with Crippen LogP contribution in [0.2, 0.25) is 0 Å². The van der Waals surface area contributed by atoms with E-state index in [2.05, 4.69) is 16.3 Å². The minimum atomic E-state index is -3.32. The van der Waals surface area contributed by atoms with Gasteiger partial charge in [-0.25, -0.2) is 4.72 Å². The van der Waals surface area contributed by atoms with Crippen LogP contribution >= 0.6 is 11.8 Å². The zero-order valence-corrected chi connectivity index (χ0v) is 13.2. The summed E-state index contributed by atoms with van der Waals surface area (Å²) >= 11 is 1.78. The molecular formula is C11H25N3O2S2. The van der Waals surface area contributed by atoms with Crippen LogP contribution in [-0.4, -0.2) is 57.5 Å². The Labute approximate surface area is 115 Å². The predicted octanol–water partition coefficient (Wildman–Crippen LogP) is 0.648. The summed E-state index contributed by atoms with van der Waals surface area (Å²) in [5, 5.41) is 3.01. The second kappa shape index (κ2) is 7.09. The van der Waals surface area contributed by atoms with Crippen LogP contribution in [0.4, 0.5) is 0 Å². The molecular weight excluding hydrogens is 270 g/mol. The molecule has 0 aromatic rings. The van der Waals surface area contributed by atoms with E-state index in [0.29, 0.717) is 13.1 Å². The van der Waals surface area contributed by atoms with Crippen molar-refractivity contribution in [3.05, 3.63) is 0 Å². The van der Waals surface area contributed by atoms with Crippen molar-refractivity contribution < 1.29 is 8.42 Å². The first-order valence-corrected chi connectivity index (χ1v) is 9.03. The molecule has 0 heterocycles. The molecule has 0 atom stereocenters. The van der Waals surface area contributed by atoms with Gasteiger partial charge in [0, 0.05) is 24.9 Å². The van der Waals surface area contributed by atoms with E-state index in [1.165, 1.54) is 10.7 Å². The zero-order chi connectivity index (χ0) is 13.6. The average molecular weight is 295 g/mol. The summed E-state index contributed by atoms with van der Waals surface area (Å²) in [4.78, 5) is 0. The van der Waals surface area contributed by atoms with Crippen molar-refractivity contribution in [2.75, 3.05) is 40.0 Å². The van der Waals surface area contributed by atoms with Gasteiger partial charge < -0.3 is 5.32 Å². The van der Waals surface area contributed by atoms with Crippen molar-refractivity contribution in [1.82, 2.24) is 14.3 Å². The maximum atomic E-state index is 12.0. The fourth-order valence-electron chi connectivity index (χ4n) is 1.96. The highest BCUT2D eigenvalue weighted by atomic mass is 32.2. The van der Waals surface area contributed by atoms with Gasteiger partial charge in [-0.15, -0.1) is 0 Å². The first-order chi connectivity index (χ1) is 8.46. The molecule has 1 saturated carbocycles. The van der Waals surface area contributed by atoms with Gasteiger partial charge in [0.25, 0.3) is 10.2 Å². The first-order valence-electron chi connectivity index (χ1n) is 6.36. The molecule has 1 rings (SSSR count). The summed E-state index contributed by atoms with van der Waals surface area (Å²) in [5.41, 5.74) is 0. The van der Waals surface area contributed by atoms with Crippen LogP contribution in [-0.2, 0) is 10.2 Å². The van der Waals surface area contributed by atoms with E-state index >= 15 is 0 Å². The van der Waals surface area contributed by atoms with Gasteiger partial charge in [0.05, 0.1) is 0 Å². The van der Waals surface area contributed by atoms with Crippen LogP contribution in [0.1, 0.15) is 25.7 Å². The third-order valence-corrected chi connectivity index (χ3v) is 6.52. The summed E-state index contributed by atoms with van der Waals surface area (Å²) in [7, 11) is 0.178. The molecule has 0 spiro atoms. The third kappa shape index (κ3) is 4.38. The number of hydrogen-bond donors (Lipinski definition) is 2. The highest BCUT2D eigenvalue weighted by Gasteiger charge is 2.37. The third-order valence-electron chi connectivity index (χ3n) is 3.58. The molecule has 1 fully saturated rings. The number of rotatable bonds is 9. The van der Waals surface area contributed by atoms with Crippen molar-refractivity contribution >= 4 is 22.0 Å². The number of thioether (sulfide) groups is 1. The minimum absolute atomic E-state index is 0.138. The van der Waals surface area contributed by atoms with E-state index in [0.717, 1.165) is 25.8 Å². The summed E-state index contributed by atoms with van der Waals surface area (Å²) in [6.45, 7) is 1.92. The molecule has 0 aromatic carbocycles. The highest BCUT2D eigenvalue weighted by Crippen LogP contribution is 2.42. The lowest BCUT2D eigenvalue weighted by molar-refractivity contribution is 0.356. The van der Waals surface area contributed by atoms with Gasteiger partial charge in [-0.1, -0.05) is 6.42 Å². The maximum Gasteiger partial charge on any atom is 0.279 e. The van der Waals surface area contributed by atoms with Crippen LogP contribution in [0, 0.1) is 0 Å². The first kappa shape index (κ1) is 16.2. The van der Waals surface area contributed by atoms with Gasteiger partial charge in [-0.3, -0.25) is 0 Å². The van der Waals surface area contributed by atoms with Crippen molar-refractivity contribution in [2.45, 2.75) is 30.4 Å². The highest BCUT2D eigenvalue weighted by molar-refractivity contribution is 8.00. The van der Waals surface area contributed by atoms with E-state index in [1.807, 2.05) is 7.05 Å². The molecule has 2 N–H and O–H groups in total. The van der Waals surface area contributed by atoms with Gasteiger partial charge in [0.15, 0.2) is 0 Å². The summed E-state index contributed by atoms with van der Waals surface area (Å²) in [6, 6.07) is 0. The number of nitrogens with one attached hydrogen (secondary N) is 2. The fraction of sp³-hybridized carbons (Fsp3) is 1.00. The zero-order valence-electron chi connectivity index (χ0n) is 11.5. The predicted molar refractivity (Wildman–Crippen MR) is 78.2 cm³/mol. The molecule has 0 unspecified atom stereocenters. The average Bonchev–Trinajstić information content (AvgIpc) is 2.28. The molecule has 0 aliphatic heterocycles. The van der Waals surface area contributed by atoms with E-state index in [1.54, 1.807) is 18.8 Å². The Balaban J connectivity index is 2.38. The SMILES string of the molecule is CNCCCN(C)S(=O)(=O)NCC1(SC)CCC1. The van der Waals surface area contributed by atoms with Crippen molar-refractivity contribution in [3.8, 4) is 0 Å². The maximum absolute atomic E-state index is 12.0. The van der Waals surface area contributed by atoms with Crippen LogP contribution in [0.25, 0.3) is 0 Å². The lowest BCUT2D eigenvalue weighted by Gasteiger charge is -2.40. The van der Waals surface area contributed by atoms with E-state index < -0.39 is 10.2 Å². The molecule has 5 nitrogen and oxygen atoms in total. The molecule has 1 aliphatic carbocycles. The van der Waals surface area contributed by atoms with Gasteiger partial charge in [-0.05, 0) is 39.1 Å². The Hall–Kier alpha value is 0.180. The van der Waals surface area contributed by atoms with Crippen LogP contribution in [0.15, 0.2) is 0 Å². The van der Waals surface area contributed by atoms with Crippen LogP contribution < -0.4 is 10.0 Å². The van der Waals surface area contributed by atoms with E-state index in [4.69, 9.17) is 0 Å². The molecule has 0 bridgehead atoms. The number of hydrogen-bond acceptors (Lipinski definition) is 4. The quantitative estimate of drug-likeness (QED) is 0.613. The summed E-state index contributed by atoms with van der Waals surface area (Å²) in [5.74, 6) is 0. The molecule has 7 heteroatoms.